The molecule has 0 bridgehead atoms. The number of cyclic esters (lactones) is 1. The van der Waals surface area contributed by atoms with E-state index >= 15 is 0 Å². The predicted molar refractivity (Wildman–Crippen MR) is 77.1 cm³/mol. The normalized spacial score (nSPS) is 37.9. The van der Waals surface area contributed by atoms with Gasteiger partial charge in [0.05, 0.1) is 6.10 Å². The maximum Gasteiger partial charge on any atom is 0.334 e. The van der Waals surface area contributed by atoms with Crippen LogP contribution in [-0.2, 0) is 9.53 Å². The van der Waals surface area contributed by atoms with Crippen molar-refractivity contribution in [3.05, 3.63) is 11.6 Å². The Labute approximate surface area is 121 Å². The smallest absolute Gasteiger partial charge is 0.334 e. The van der Waals surface area contributed by atoms with Gasteiger partial charge in [-0.15, -0.1) is 0 Å². The minimum atomic E-state index is -0.0986. The maximum atomic E-state index is 11.4. The van der Waals surface area contributed by atoms with E-state index in [1.54, 1.807) is 0 Å². The molecule has 3 heteroatoms. The number of ether oxygens (including phenoxy) is 1. The Bertz CT molecular complexity index is 381. The number of rotatable bonds is 3. The second kappa shape index (κ2) is 5.88. The number of esters is 1. The number of aliphatic hydroxyl groups is 1. The monoisotopic (exact) mass is 278 g/mol. The molecule has 0 aromatic heterocycles. The quantitative estimate of drug-likeness (QED) is 0.805. The van der Waals surface area contributed by atoms with Crippen molar-refractivity contribution in [3.8, 4) is 0 Å². The third-order valence-electron chi connectivity index (χ3n) is 5.81. The van der Waals surface area contributed by atoms with Gasteiger partial charge >= 0.3 is 5.97 Å². The molecule has 0 atom stereocenters. The summed E-state index contributed by atoms with van der Waals surface area (Å²) >= 11 is 0. The molecule has 0 unspecified atom stereocenters. The summed E-state index contributed by atoms with van der Waals surface area (Å²) in [5, 5.41) is 9.66. The minimum absolute atomic E-state index is 0.0429. The molecule has 1 aliphatic heterocycles. The zero-order valence-corrected chi connectivity index (χ0v) is 12.3. The number of carbonyl (C=O) groups is 1. The topological polar surface area (TPSA) is 46.5 Å². The van der Waals surface area contributed by atoms with Crippen LogP contribution in [0.1, 0.15) is 64.2 Å². The van der Waals surface area contributed by atoms with Gasteiger partial charge in [-0.2, -0.15) is 0 Å². The van der Waals surface area contributed by atoms with E-state index in [4.69, 9.17) is 4.74 Å². The van der Waals surface area contributed by atoms with Crippen LogP contribution < -0.4 is 0 Å². The van der Waals surface area contributed by atoms with E-state index in [1.807, 2.05) is 6.08 Å². The van der Waals surface area contributed by atoms with Gasteiger partial charge in [-0.05, 0) is 81.6 Å². The number of carbonyl (C=O) groups excluding carboxylic acids is 1. The summed E-state index contributed by atoms with van der Waals surface area (Å²) in [6.07, 6.45) is 13.6. The first-order chi connectivity index (χ1) is 9.67. The summed E-state index contributed by atoms with van der Waals surface area (Å²) in [5.74, 6) is 0.681. The van der Waals surface area contributed by atoms with Gasteiger partial charge in [-0.1, -0.05) is 0 Å². The van der Waals surface area contributed by atoms with Crippen molar-refractivity contribution >= 4 is 5.97 Å². The highest BCUT2D eigenvalue weighted by Crippen LogP contribution is 2.49. The molecule has 0 saturated heterocycles. The number of hydrogen-bond acceptors (Lipinski definition) is 3. The summed E-state index contributed by atoms with van der Waals surface area (Å²) in [6.45, 7) is 0.476. The molecule has 2 fully saturated rings. The molecule has 0 amide bonds. The molecule has 2 aliphatic carbocycles. The van der Waals surface area contributed by atoms with E-state index in [0.29, 0.717) is 12.0 Å². The standard InChI is InChI=1S/C17H26O3/c18-15-5-10-17(11-6-15)8-3-13(4-9-17)1-2-14-7-12-20-16(14)19/h7,13,15,18H,1-6,8-12H2. The van der Waals surface area contributed by atoms with Crippen molar-refractivity contribution in [2.75, 3.05) is 6.61 Å². The highest BCUT2D eigenvalue weighted by atomic mass is 16.5. The van der Waals surface area contributed by atoms with Crippen LogP contribution in [0.4, 0.5) is 0 Å². The molecule has 20 heavy (non-hydrogen) atoms. The molecule has 3 rings (SSSR count). The molecule has 1 spiro atoms. The van der Waals surface area contributed by atoms with E-state index in [0.717, 1.165) is 37.2 Å². The first-order valence-corrected chi connectivity index (χ1v) is 8.21. The van der Waals surface area contributed by atoms with Gasteiger partial charge in [0.1, 0.15) is 6.61 Å². The van der Waals surface area contributed by atoms with E-state index in [9.17, 15) is 9.90 Å². The predicted octanol–water partition coefficient (Wildman–Crippen LogP) is 3.36. The van der Waals surface area contributed by atoms with Crippen molar-refractivity contribution in [2.45, 2.75) is 70.3 Å². The molecule has 3 aliphatic rings. The summed E-state index contributed by atoms with van der Waals surface area (Å²) in [6, 6.07) is 0. The lowest BCUT2D eigenvalue weighted by Gasteiger charge is -2.44. The molecule has 0 radical (unpaired) electrons. The molecule has 1 heterocycles. The van der Waals surface area contributed by atoms with Gasteiger partial charge in [0.2, 0.25) is 0 Å². The van der Waals surface area contributed by atoms with Gasteiger partial charge in [0.15, 0.2) is 0 Å². The number of hydrogen-bond donors (Lipinski definition) is 1. The first-order valence-electron chi connectivity index (χ1n) is 8.21. The third-order valence-corrected chi connectivity index (χ3v) is 5.81. The Morgan fingerprint density at radius 2 is 1.80 bits per heavy atom. The van der Waals surface area contributed by atoms with Crippen LogP contribution in [0.3, 0.4) is 0 Å². The van der Waals surface area contributed by atoms with Gasteiger partial charge < -0.3 is 9.84 Å². The zero-order valence-electron chi connectivity index (χ0n) is 12.3. The molecule has 1 N–H and O–H groups in total. The average Bonchev–Trinajstić information content (AvgIpc) is 2.87. The van der Waals surface area contributed by atoms with E-state index < -0.39 is 0 Å². The Kier molecular flexibility index (Phi) is 4.16. The molecule has 2 saturated carbocycles. The molecule has 0 aromatic rings. The molecular weight excluding hydrogens is 252 g/mol. The fourth-order valence-electron chi connectivity index (χ4n) is 4.25. The van der Waals surface area contributed by atoms with Gasteiger partial charge in [-0.25, -0.2) is 4.79 Å². The summed E-state index contributed by atoms with van der Waals surface area (Å²) in [7, 11) is 0. The van der Waals surface area contributed by atoms with Gasteiger partial charge in [0, 0.05) is 5.57 Å². The molecule has 112 valence electrons. The van der Waals surface area contributed by atoms with Gasteiger partial charge in [-0.3, -0.25) is 0 Å². The Morgan fingerprint density at radius 1 is 1.15 bits per heavy atom. The van der Waals surface area contributed by atoms with Crippen LogP contribution >= 0.6 is 0 Å². The van der Waals surface area contributed by atoms with Crippen molar-refractivity contribution in [3.63, 3.8) is 0 Å². The summed E-state index contributed by atoms with van der Waals surface area (Å²) < 4.78 is 4.95. The number of aliphatic hydroxyl groups excluding tert-OH is 1. The van der Waals surface area contributed by atoms with Crippen molar-refractivity contribution in [2.24, 2.45) is 11.3 Å². The lowest BCUT2D eigenvalue weighted by Crippen LogP contribution is -2.33. The lowest BCUT2D eigenvalue weighted by atomic mass is 9.62. The lowest BCUT2D eigenvalue weighted by molar-refractivity contribution is -0.136. The third kappa shape index (κ3) is 3.08. The summed E-state index contributed by atoms with van der Waals surface area (Å²) in [4.78, 5) is 11.4. The van der Waals surface area contributed by atoms with Crippen LogP contribution in [0.2, 0.25) is 0 Å². The maximum absolute atomic E-state index is 11.4. The highest BCUT2D eigenvalue weighted by molar-refractivity contribution is 5.90. The Morgan fingerprint density at radius 3 is 2.40 bits per heavy atom. The van der Waals surface area contributed by atoms with Crippen LogP contribution in [0.25, 0.3) is 0 Å². The minimum Gasteiger partial charge on any atom is -0.458 e. The van der Waals surface area contributed by atoms with E-state index in [-0.39, 0.29) is 12.1 Å². The summed E-state index contributed by atoms with van der Waals surface area (Å²) in [5.41, 5.74) is 1.44. The second-order valence-corrected chi connectivity index (χ2v) is 7.04. The first kappa shape index (κ1) is 14.1. The second-order valence-electron chi connectivity index (χ2n) is 7.04. The van der Waals surface area contributed by atoms with Crippen molar-refractivity contribution in [1.29, 1.82) is 0 Å². The Hall–Kier alpha value is -0.830. The zero-order chi connectivity index (χ0) is 14.0. The fraction of sp³-hybridized carbons (Fsp3) is 0.824. The Balaban J connectivity index is 1.43. The molecular formula is C17H26O3. The van der Waals surface area contributed by atoms with Crippen LogP contribution in [-0.4, -0.2) is 23.8 Å². The van der Waals surface area contributed by atoms with Crippen LogP contribution in [0.5, 0.6) is 0 Å². The molecule has 0 aromatic carbocycles. The fourth-order valence-corrected chi connectivity index (χ4v) is 4.25. The van der Waals surface area contributed by atoms with E-state index in [1.165, 1.54) is 38.5 Å². The van der Waals surface area contributed by atoms with Crippen molar-refractivity contribution in [1.82, 2.24) is 0 Å². The van der Waals surface area contributed by atoms with Gasteiger partial charge in [0.25, 0.3) is 0 Å². The van der Waals surface area contributed by atoms with Crippen molar-refractivity contribution < 1.29 is 14.6 Å². The largest absolute Gasteiger partial charge is 0.458 e. The molecule has 3 nitrogen and oxygen atoms in total. The average molecular weight is 278 g/mol. The van der Waals surface area contributed by atoms with Crippen LogP contribution in [0, 0.1) is 11.3 Å². The highest BCUT2D eigenvalue weighted by Gasteiger charge is 2.38. The SMILES string of the molecule is O=C1OCC=C1CCC1CCC2(CCC(O)CC2)CC1. The van der Waals surface area contributed by atoms with E-state index in [2.05, 4.69) is 0 Å². The van der Waals surface area contributed by atoms with Crippen LogP contribution in [0.15, 0.2) is 11.6 Å².